The van der Waals surface area contributed by atoms with Gasteiger partial charge in [-0.25, -0.2) is 4.98 Å². The largest absolute Gasteiger partial charge is 0.376 e. The zero-order chi connectivity index (χ0) is 14.1. The van der Waals surface area contributed by atoms with Crippen LogP contribution in [0.25, 0.3) is 10.9 Å². The number of anilines is 1. The van der Waals surface area contributed by atoms with Gasteiger partial charge in [0, 0.05) is 10.3 Å². The highest BCUT2D eigenvalue weighted by Gasteiger charge is 2.13. The third kappa shape index (κ3) is 2.51. The summed E-state index contributed by atoms with van der Waals surface area (Å²) in [6.07, 6.45) is 1.88. The van der Waals surface area contributed by atoms with Crippen LogP contribution in [0.5, 0.6) is 0 Å². The van der Waals surface area contributed by atoms with Crippen molar-refractivity contribution in [3.05, 3.63) is 52.1 Å². The number of para-hydroxylation sites is 1. The van der Waals surface area contributed by atoms with Gasteiger partial charge in [0.1, 0.15) is 0 Å². The van der Waals surface area contributed by atoms with Gasteiger partial charge in [0.25, 0.3) is 0 Å². The van der Waals surface area contributed by atoms with Gasteiger partial charge in [0.05, 0.1) is 34.1 Å². The first-order valence-corrected chi connectivity index (χ1v) is 7.50. The number of rotatable bonds is 3. The van der Waals surface area contributed by atoms with E-state index in [0.717, 1.165) is 27.3 Å². The third-order valence-corrected chi connectivity index (χ3v) is 4.23. The number of hydrogen-bond donors (Lipinski definition) is 1. The second-order valence-electron chi connectivity index (χ2n) is 4.96. The zero-order valence-electron chi connectivity index (χ0n) is 11.8. The van der Waals surface area contributed by atoms with Crippen molar-refractivity contribution in [2.24, 2.45) is 0 Å². The van der Waals surface area contributed by atoms with E-state index >= 15 is 0 Å². The molecule has 0 bridgehead atoms. The SMILES string of the molecule is Cc1nc(C(C)Nc2cnc3ccccc3c2)c(C)s1. The van der Waals surface area contributed by atoms with Crippen LogP contribution in [-0.2, 0) is 0 Å². The van der Waals surface area contributed by atoms with E-state index in [1.54, 1.807) is 11.3 Å². The second-order valence-corrected chi connectivity index (χ2v) is 6.36. The van der Waals surface area contributed by atoms with Crippen LogP contribution in [0.15, 0.2) is 36.5 Å². The van der Waals surface area contributed by atoms with Crippen LogP contribution in [0.4, 0.5) is 5.69 Å². The number of nitrogens with zero attached hydrogens (tertiary/aromatic N) is 2. The molecule has 0 radical (unpaired) electrons. The Morgan fingerprint density at radius 2 is 2.00 bits per heavy atom. The summed E-state index contributed by atoms with van der Waals surface area (Å²) in [6, 6.07) is 10.5. The molecule has 1 unspecified atom stereocenters. The maximum atomic E-state index is 4.60. The number of benzene rings is 1. The molecule has 4 heteroatoms. The molecule has 2 aromatic heterocycles. The highest BCUT2D eigenvalue weighted by atomic mass is 32.1. The van der Waals surface area contributed by atoms with E-state index < -0.39 is 0 Å². The summed E-state index contributed by atoms with van der Waals surface area (Å²) >= 11 is 1.74. The summed E-state index contributed by atoms with van der Waals surface area (Å²) in [5.74, 6) is 0. The van der Waals surface area contributed by atoms with Crippen LogP contribution in [-0.4, -0.2) is 9.97 Å². The molecule has 102 valence electrons. The van der Waals surface area contributed by atoms with Crippen LogP contribution in [0.3, 0.4) is 0 Å². The highest BCUT2D eigenvalue weighted by molar-refractivity contribution is 7.11. The predicted molar refractivity (Wildman–Crippen MR) is 85.4 cm³/mol. The molecule has 1 aromatic carbocycles. The van der Waals surface area contributed by atoms with Gasteiger partial charge in [0.15, 0.2) is 0 Å². The van der Waals surface area contributed by atoms with Gasteiger partial charge in [-0.2, -0.15) is 0 Å². The Labute approximate surface area is 122 Å². The number of hydrogen-bond acceptors (Lipinski definition) is 4. The molecular formula is C16H17N3S. The van der Waals surface area contributed by atoms with Gasteiger partial charge < -0.3 is 5.32 Å². The van der Waals surface area contributed by atoms with Gasteiger partial charge >= 0.3 is 0 Å². The quantitative estimate of drug-likeness (QED) is 0.770. The van der Waals surface area contributed by atoms with E-state index in [1.165, 1.54) is 4.88 Å². The lowest BCUT2D eigenvalue weighted by molar-refractivity contribution is 0.836. The van der Waals surface area contributed by atoms with Gasteiger partial charge in [-0.15, -0.1) is 11.3 Å². The lowest BCUT2D eigenvalue weighted by Crippen LogP contribution is -2.08. The molecule has 0 amide bonds. The fourth-order valence-corrected chi connectivity index (χ4v) is 3.33. The number of aromatic nitrogens is 2. The summed E-state index contributed by atoms with van der Waals surface area (Å²) in [7, 11) is 0. The number of pyridine rings is 1. The Morgan fingerprint density at radius 1 is 1.20 bits per heavy atom. The van der Waals surface area contributed by atoms with E-state index in [9.17, 15) is 0 Å². The van der Waals surface area contributed by atoms with Crippen molar-refractivity contribution in [3.63, 3.8) is 0 Å². The summed E-state index contributed by atoms with van der Waals surface area (Å²) in [6.45, 7) is 6.30. The van der Waals surface area contributed by atoms with E-state index in [0.29, 0.717) is 0 Å². The molecule has 2 heterocycles. The number of thiazole rings is 1. The fraction of sp³-hybridized carbons (Fsp3) is 0.250. The van der Waals surface area contributed by atoms with Gasteiger partial charge in [-0.05, 0) is 32.9 Å². The molecule has 3 nitrogen and oxygen atoms in total. The standard InChI is InChI=1S/C16H17N3S/c1-10(16-11(2)20-12(3)19-16)18-14-8-13-6-4-5-7-15(13)17-9-14/h4-10,18H,1-3H3. The Kier molecular flexibility index (Phi) is 3.40. The Hall–Kier alpha value is -1.94. The maximum Gasteiger partial charge on any atom is 0.0901 e. The maximum absolute atomic E-state index is 4.60. The molecule has 3 aromatic rings. The minimum Gasteiger partial charge on any atom is -0.376 e. The van der Waals surface area contributed by atoms with E-state index in [4.69, 9.17) is 0 Å². The van der Waals surface area contributed by atoms with Crippen LogP contribution in [0.1, 0.15) is 28.5 Å². The molecule has 1 atom stereocenters. The van der Waals surface area contributed by atoms with E-state index in [-0.39, 0.29) is 6.04 Å². The van der Waals surface area contributed by atoms with Crippen LogP contribution < -0.4 is 5.32 Å². The monoisotopic (exact) mass is 283 g/mol. The fourth-order valence-electron chi connectivity index (χ4n) is 2.42. The number of fused-ring (bicyclic) bond motifs is 1. The van der Waals surface area contributed by atoms with Gasteiger partial charge in [-0.1, -0.05) is 18.2 Å². The summed E-state index contributed by atoms with van der Waals surface area (Å²) in [4.78, 5) is 10.4. The Balaban J connectivity index is 1.87. The molecule has 0 fully saturated rings. The van der Waals surface area contributed by atoms with Crippen molar-refractivity contribution in [1.29, 1.82) is 0 Å². The molecule has 0 saturated heterocycles. The van der Waals surface area contributed by atoms with E-state index in [1.807, 2.05) is 31.3 Å². The Bertz CT molecular complexity index is 748. The number of aryl methyl sites for hydroxylation is 2. The Morgan fingerprint density at radius 3 is 2.75 bits per heavy atom. The van der Waals surface area contributed by atoms with Crippen LogP contribution in [0.2, 0.25) is 0 Å². The smallest absolute Gasteiger partial charge is 0.0901 e. The molecule has 0 aliphatic carbocycles. The first kappa shape index (κ1) is 13.1. The molecule has 0 aliphatic heterocycles. The van der Waals surface area contributed by atoms with Crippen molar-refractivity contribution in [1.82, 2.24) is 9.97 Å². The lowest BCUT2D eigenvalue weighted by Gasteiger charge is -2.14. The van der Waals surface area contributed by atoms with Crippen molar-refractivity contribution >= 4 is 27.9 Å². The summed E-state index contributed by atoms with van der Waals surface area (Å²) in [5.41, 5.74) is 3.17. The topological polar surface area (TPSA) is 37.8 Å². The second kappa shape index (κ2) is 5.21. The summed E-state index contributed by atoms with van der Waals surface area (Å²) in [5, 5.41) is 5.75. The zero-order valence-corrected chi connectivity index (χ0v) is 12.7. The minimum absolute atomic E-state index is 0.183. The molecule has 0 spiro atoms. The minimum atomic E-state index is 0.183. The van der Waals surface area contributed by atoms with Crippen molar-refractivity contribution in [2.45, 2.75) is 26.8 Å². The molecule has 3 rings (SSSR count). The van der Waals surface area contributed by atoms with Crippen molar-refractivity contribution in [2.75, 3.05) is 5.32 Å². The molecule has 0 aliphatic rings. The van der Waals surface area contributed by atoms with Crippen molar-refractivity contribution < 1.29 is 0 Å². The third-order valence-electron chi connectivity index (χ3n) is 3.32. The molecular weight excluding hydrogens is 266 g/mol. The molecule has 1 N–H and O–H groups in total. The van der Waals surface area contributed by atoms with Crippen molar-refractivity contribution in [3.8, 4) is 0 Å². The van der Waals surface area contributed by atoms with Gasteiger partial charge in [0.2, 0.25) is 0 Å². The van der Waals surface area contributed by atoms with Crippen LogP contribution in [0, 0.1) is 13.8 Å². The lowest BCUT2D eigenvalue weighted by atomic mass is 10.2. The average molecular weight is 283 g/mol. The summed E-state index contributed by atoms with van der Waals surface area (Å²) < 4.78 is 0. The molecule has 20 heavy (non-hydrogen) atoms. The first-order valence-electron chi connectivity index (χ1n) is 6.69. The average Bonchev–Trinajstić information content (AvgIpc) is 2.78. The first-order chi connectivity index (χ1) is 9.63. The van der Waals surface area contributed by atoms with Gasteiger partial charge in [-0.3, -0.25) is 4.98 Å². The molecule has 0 saturated carbocycles. The highest BCUT2D eigenvalue weighted by Crippen LogP contribution is 2.26. The predicted octanol–water partition coefficient (Wildman–Crippen LogP) is 4.48. The van der Waals surface area contributed by atoms with Crippen LogP contribution >= 0.6 is 11.3 Å². The normalized spacial score (nSPS) is 12.6. The number of nitrogens with one attached hydrogen (secondary N) is 1. The van der Waals surface area contributed by atoms with E-state index in [2.05, 4.69) is 41.3 Å².